The number of carbonyl (C=O) groups excluding carboxylic acids is 1. The molecular formula is C20H24N2O3. The van der Waals surface area contributed by atoms with E-state index in [9.17, 15) is 4.79 Å². The maximum absolute atomic E-state index is 12.3. The van der Waals surface area contributed by atoms with E-state index in [0.717, 1.165) is 35.6 Å². The number of rotatable bonds is 6. The molecule has 0 spiro atoms. The quantitative estimate of drug-likeness (QED) is 0.824. The van der Waals surface area contributed by atoms with Gasteiger partial charge in [0.2, 0.25) is 0 Å². The first-order valence-corrected chi connectivity index (χ1v) is 8.51. The van der Waals surface area contributed by atoms with E-state index < -0.39 is 0 Å². The lowest BCUT2D eigenvalue weighted by molar-refractivity contribution is 0.242. The molecule has 2 amide bonds. The topological polar surface area (TPSA) is 59.6 Å². The predicted molar refractivity (Wildman–Crippen MR) is 98.3 cm³/mol. The standard InChI is InChI=1S/C20H24N2O3/c1-14(2)25-18-10-6-16(7-11-18)21-19(23)22-20(12-13-20)15-4-8-17(24-3)9-5-15/h4-11,14H,12-13H2,1-3H3,(H2,21,22,23). The number of ether oxygens (including phenoxy) is 2. The van der Waals surface area contributed by atoms with Crippen LogP contribution in [-0.4, -0.2) is 19.2 Å². The summed E-state index contributed by atoms with van der Waals surface area (Å²) in [6, 6.07) is 15.0. The van der Waals surface area contributed by atoms with Gasteiger partial charge in [-0.25, -0.2) is 4.79 Å². The zero-order chi connectivity index (χ0) is 17.9. The Kier molecular flexibility index (Phi) is 4.83. The average Bonchev–Trinajstić information content (AvgIpc) is 3.37. The minimum atomic E-state index is -0.267. The third-order valence-electron chi connectivity index (χ3n) is 4.23. The van der Waals surface area contributed by atoms with Gasteiger partial charge in [0.15, 0.2) is 0 Å². The smallest absolute Gasteiger partial charge is 0.319 e. The molecular weight excluding hydrogens is 316 g/mol. The molecule has 2 aromatic rings. The van der Waals surface area contributed by atoms with Gasteiger partial charge < -0.3 is 20.1 Å². The number of hydrogen-bond donors (Lipinski definition) is 2. The molecule has 0 heterocycles. The van der Waals surface area contributed by atoms with Crippen LogP contribution in [0.4, 0.5) is 10.5 Å². The summed E-state index contributed by atoms with van der Waals surface area (Å²) in [4.78, 5) is 12.3. The zero-order valence-corrected chi connectivity index (χ0v) is 14.8. The van der Waals surface area contributed by atoms with E-state index in [-0.39, 0.29) is 17.7 Å². The molecule has 1 fully saturated rings. The summed E-state index contributed by atoms with van der Waals surface area (Å²) in [7, 11) is 1.64. The highest BCUT2D eigenvalue weighted by molar-refractivity contribution is 5.90. The summed E-state index contributed by atoms with van der Waals surface area (Å²) >= 11 is 0. The van der Waals surface area contributed by atoms with Gasteiger partial charge in [0.25, 0.3) is 0 Å². The van der Waals surface area contributed by atoms with Crippen LogP contribution in [0.25, 0.3) is 0 Å². The van der Waals surface area contributed by atoms with Gasteiger partial charge in [0.05, 0.1) is 18.8 Å². The van der Waals surface area contributed by atoms with Crippen molar-refractivity contribution in [1.82, 2.24) is 5.32 Å². The number of nitrogens with one attached hydrogen (secondary N) is 2. The summed E-state index contributed by atoms with van der Waals surface area (Å²) in [6.07, 6.45) is 2.00. The van der Waals surface area contributed by atoms with Crippen LogP contribution < -0.4 is 20.1 Å². The Morgan fingerprint density at radius 3 is 2.12 bits per heavy atom. The highest BCUT2D eigenvalue weighted by atomic mass is 16.5. The van der Waals surface area contributed by atoms with Gasteiger partial charge in [0.1, 0.15) is 11.5 Å². The summed E-state index contributed by atoms with van der Waals surface area (Å²) < 4.78 is 10.8. The molecule has 0 bridgehead atoms. The van der Waals surface area contributed by atoms with Crippen molar-refractivity contribution in [3.8, 4) is 11.5 Å². The van der Waals surface area contributed by atoms with Crippen LogP contribution in [0, 0.1) is 0 Å². The fourth-order valence-corrected chi connectivity index (χ4v) is 2.79. The molecule has 5 heteroatoms. The van der Waals surface area contributed by atoms with E-state index in [1.54, 1.807) is 7.11 Å². The van der Waals surface area contributed by atoms with Gasteiger partial charge in [-0.3, -0.25) is 0 Å². The van der Waals surface area contributed by atoms with Crippen LogP contribution in [0.3, 0.4) is 0 Å². The van der Waals surface area contributed by atoms with Crippen molar-refractivity contribution in [3.05, 3.63) is 54.1 Å². The number of amides is 2. The summed E-state index contributed by atoms with van der Waals surface area (Å²) in [5.74, 6) is 1.60. The molecule has 0 aliphatic heterocycles. The van der Waals surface area contributed by atoms with Gasteiger partial charge in [-0.2, -0.15) is 0 Å². The van der Waals surface area contributed by atoms with Crippen molar-refractivity contribution in [2.45, 2.75) is 38.3 Å². The lowest BCUT2D eigenvalue weighted by Crippen LogP contribution is -2.38. The van der Waals surface area contributed by atoms with Gasteiger partial charge >= 0.3 is 6.03 Å². The van der Waals surface area contributed by atoms with E-state index in [4.69, 9.17) is 9.47 Å². The van der Waals surface area contributed by atoms with Crippen molar-refractivity contribution in [2.24, 2.45) is 0 Å². The molecule has 0 aromatic heterocycles. The first-order chi connectivity index (χ1) is 12.0. The lowest BCUT2D eigenvalue weighted by Gasteiger charge is -2.19. The van der Waals surface area contributed by atoms with Crippen molar-refractivity contribution in [2.75, 3.05) is 12.4 Å². The van der Waals surface area contributed by atoms with E-state index in [1.165, 1.54) is 0 Å². The Morgan fingerprint density at radius 1 is 1.00 bits per heavy atom. The first-order valence-electron chi connectivity index (χ1n) is 8.51. The molecule has 2 N–H and O–H groups in total. The van der Waals surface area contributed by atoms with Crippen LogP contribution in [0.5, 0.6) is 11.5 Å². The molecule has 5 nitrogen and oxygen atoms in total. The minimum absolute atomic E-state index is 0.126. The molecule has 0 saturated heterocycles. The van der Waals surface area contributed by atoms with Crippen molar-refractivity contribution < 1.29 is 14.3 Å². The Hall–Kier alpha value is -2.69. The fourth-order valence-electron chi connectivity index (χ4n) is 2.79. The first kappa shape index (κ1) is 17.1. The SMILES string of the molecule is COc1ccc(C2(NC(=O)Nc3ccc(OC(C)C)cc3)CC2)cc1. The molecule has 1 aliphatic rings. The van der Waals surface area contributed by atoms with Gasteiger partial charge in [0, 0.05) is 5.69 Å². The van der Waals surface area contributed by atoms with Crippen LogP contribution in [0.1, 0.15) is 32.3 Å². The highest BCUT2D eigenvalue weighted by Crippen LogP contribution is 2.45. The van der Waals surface area contributed by atoms with Crippen LogP contribution in [0.15, 0.2) is 48.5 Å². The predicted octanol–water partition coefficient (Wildman–Crippen LogP) is 4.29. The van der Waals surface area contributed by atoms with Crippen LogP contribution >= 0.6 is 0 Å². The number of carbonyl (C=O) groups is 1. The molecule has 0 unspecified atom stereocenters. The van der Waals surface area contributed by atoms with Crippen LogP contribution in [0.2, 0.25) is 0 Å². The third-order valence-corrected chi connectivity index (χ3v) is 4.23. The van der Waals surface area contributed by atoms with Crippen LogP contribution in [-0.2, 0) is 5.54 Å². The van der Waals surface area contributed by atoms with Gasteiger partial charge in [-0.1, -0.05) is 12.1 Å². The molecule has 1 saturated carbocycles. The number of benzene rings is 2. The average molecular weight is 340 g/mol. The molecule has 0 radical (unpaired) electrons. The maximum Gasteiger partial charge on any atom is 0.319 e. The van der Waals surface area contributed by atoms with E-state index >= 15 is 0 Å². The van der Waals surface area contributed by atoms with E-state index in [2.05, 4.69) is 10.6 Å². The largest absolute Gasteiger partial charge is 0.497 e. The van der Waals surface area contributed by atoms with E-state index in [0.29, 0.717) is 0 Å². The molecule has 1 aliphatic carbocycles. The Morgan fingerprint density at radius 2 is 1.60 bits per heavy atom. The second kappa shape index (κ2) is 7.05. The summed E-state index contributed by atoms with van der Waals surface area (Å²) in [5.41, 5.74) is 1.57. The van der Waals surface area contributed by atoms with Crippen molar-refractivity contribution >= 4 is 11.7 Å². The van der Waals surface area contributed by atoms with Crippen molar-refractivity contribution in [1.29, 1.82) is 0 Å². The fraction of sp³-hybridized carbons (Fsp3) is 0.350. The molecule has 2 aromatic carbocycles. The van der Waals surface area contributed by atoms with Gasteiger partial charge in [-0.15, -0.1) is 0 Å². The molecule has 132 valence electrons. The summed E-state index contributed by atoms with van der Waals surface area (Å²) in [5, 5.41) is 5.97. The van der Waals surface area contributed by atoms with E-state index in [1.807, 2.05) is 62.4 Å². The molecule has 0 atom stereocenters. The second-order valence-electron chi connectivity index (χ2n) is 6.58. The van der Waals surface area contributed by atoms with Crippen molar-refractivity contribution in [3.63, 3.8) is 0 Å². The number of anilines is 1. The molecule has 3 rings (SSSR count). The normalized spacial score (nSPS) is 14.7. The molecule has 25 heavy (non-hydrogen) atoms. The second-order valence-corrected chi connectivity index (χ2v) is 6.58. The number of methoxy groups -OCH3 is 1. The zero-order valence-electron chi connectivity index (χ0n) is 14.8. The maximum atomic E-state index is 12.3. The Labute approximate surface area is 148 Å². The number of urea groups is 1. The Bertz CT molecular complexity index is 720. The third kappa shape index (κ3) is 4.24. The monoisotopic (exact) mass is 340 g/mol. The highest BCUT2D eigenvalue weighted by Gasteiger charge is 2.45. The minimum Gasteiger partial charge on any atom is -0.497 e. The van der Waals surface area contributed by atoms with Gasteiger partial charge in [-0.05, 0) is 68.7 Å². The Balaban J connectivity index is 1.60. The summed E-state index contributed by atoms with van der Waals surface area (Å²) in [6.45, 7) is 3.96. The lowest BCUT2D eigenvalue weighted by atomic mass is 10.1. The number of hydrogen-bond acceptors (Lipinski definition) is 3.